The van der Waals surface area contributed by atoms with Crippen molar-refractivity contribution in [3.05, 3.63) is 52.4 Å². The third kappa shape index (κ3) is 3.97. The summed E-state index contributed by atoms with van der Waals surface area (Å²) in [6.45, 7) is 6.70. The molecule has 148 valence electrons. The third-order valence-corrected chi connectivity index (χ3v) is 6.30. The molecule has 28 heavy (non-hydrogen) atoms. The lowest BCUT2D eigenvalue weighted by Gasteiger charge is -2.43. The first-order chi connectivity index (χ1) is 13.7. The monoisotopic (exact) mass is 399 g/mol. The summed E-state index contributed by atoms with van der Waals surface area (Å²) < 4.78 is 5.56. The van der Waals surface area contributed by atoms with Crippen LogP contribution in [0, 0.1) is 0 Å². The van der Waals surface area contributed by atoms with E-state index < -0.39 is 0 Å². The zero-order valence-corrected chi connectivity index (χ0v) is 16.8. The number of hydrogen-bond acceptors (Lipinski definition) is 5. The minimum atomic E-state index is -0.190. The average molecular weight is 400 g/mol. The van der Waals surface area contributed by atoms with Gasteiger partial charge in [0.15, 0.2) is 0 Å². The number of carbonyl (C=O) groups is 2. The van der Waals surface area contributed by atoms with Gasteiger partial charge in [-0.05, 0) is 35.6 Å². The summed E-state index contributed by atoms with van der Waals surface area (Å²) in [5, 5.41) is 5.38. The Kier molecular flexibility index (Phi) is 5.75. The predicted molar refractivity (Wildman–Crippen MR) is 110 cm³/mol. The van der Waals surface area contributed by atoms with Crippen LogP contribution in [0.2, 0.25) is 0 Å². The lowest BCUT2D eigenvalue weighted by atomic mass is 10.1. The Morgan fingerprint density at radius 1 is 1.18 bits per heavy atom. The predicted octanol–water partition coefficient (Wildman–Crippen LogP) is 2.72. The molecular formula is C21H25N3O3S. The van der Waals surface area contributed by atoms with Gasteiger partial charge in [-0.3, -0.25) is 14.5 Å². The number of fused-ring (bicyclic) bond motifs is 1. The van der Waals surface area contributed by atoms with Crippen LogP contribution in [0.4, 0.5) is 5.00 Å². The summed E-state index contributed by atoms with van der Waals surface area (Å²) >= 11 is 1.38. The molecule has 0 saturated carbocycles. The number of benzene rings is 1. The first-order valence-electron chi connectivity index (χ1n) is 9.74. The number of piperazine rings is 1. The molecule has 4 rings (SSSR count). The maximum atomic E-state index is 13.1. The van der Waals surface area contributed by atoms with Crippen LogP contribution in [-0.4, -0.2) is 67.0 Å². The van der Waals surface area contributed by atoms with E-state index in [2.05, 4.69) is 17.1 Å². The first-order valence-corrected chi connectivity index (χ1v) is 10.6. The number of rotatable bonds is 4. The second kappa shape index (κ2) is 8.43. The molecule has 0 spiro atoms. The van der Waals surface area contributed by atoms with Crippen LogP contribution in [0.1, 0.15) is 33.2 Å². The summed E-state index contributed by atoms with van der Waals surface area (Å²) in [6, 6.07) is 9.63. The Balaban J connectivity index is 1.44. The SMILES string of the molecule is CCc1ccc(C(=O)Nc2sccc2C(=O)N2CCN3CCOCC3C2)cc1. The molecule has 3 heterocycles. The number of morpholine rings is 1. The molecule has 1 N–H and O–H groups in total. The summed E-state index contributed by atoms with van der Waals surface area (Å²) in [5.41, 5.74) is 2.35. The van der Waals surface area contributed by atoms with E-state index in [4.69, 9.17) is 4.74 Å². The van der Waals surface area contributed by atoms with Crippen LogP contribution in [0.3, 0.4) is 0 Å². The molecule has 1 unspecified atom stereocenters. The Morgan fingerprint density at radius 3 is 2.79 bits per heavy atom. The number of ether oxygens (including phenoxy) is 1. The van der Waals surface area contributed by atoms with Gasteiger partial charge >= 0.3 is 0 Å². The minimum Gasteiger partial charge on any atom is -0.378 e. The van der Waals surface area contributed by atoms with Crippen molar-refractivity contribution in [2.24, 2.45) is 0 Å². The topological polar surface area (TPSA) is 61.9 Å². The summed E-state index contributed by atoms with van der Waals surface area (Å²) in [7, 11) is 0. The largest absolute Gasteiger partial charge is 0.378 e. The Morgan fingerprint density at radius 2 is 2.00 bits per heavy atom. The molecule has 2 aliphatic rings. The van der Waals surface area contributed by atoms with E-state index in [-0.39, 0.29) is 17.9 Å². The fraction of sp³-hybridized carbons (Fsp3) is 0.429. The van der Waals surface area contributed by atoms with Gasteiger partial charge in [0, 0.05) is 31.7 Å². The molecule has 2 amide bonds. The summed E-state index contributed by atoms with van der Waals surface area (Å²) in [4.78, 5) is 29.9. The number of amides is 2. The molecule has 2 fully saturated rings. The minimum absolute atomic E-state index is 0.0249. The maximum absolute atomic E-state index is 13.1. The fourth-order valence-corrected chi connectivity index (χ4v) is 4.52. The molecular weight excluding hydrogens is 374 g/mol. The number of thiophene rings is 1. The quantitative estimate of drug-likeness (QED) is 0.859. The van der Waals surface area contributed by atoms with Crippen molar-refractivity contribution in [1.82, 2.24) is 9.80 Å². The highest BCUT2D eigenvalue weighted by molar-refractivity contribution is 7.14. The molecule has 2 saturated heterocycles. The lowest BCUT2D eigenvalue weighted by Crippen LogP contribution is -2.59. The number of aryl methyl sites for hydroxylation is 1. The Hall–Kier alpha value is -2.22. The van der Waals surface area contributed by atoms with E-state index in [9.17, 15) is 9.59 Å². The number of anilines is 1. The van der Waals surface area contributed by atoms with Crippen molar-refractivity contribution in [3.63, 3.8) is 0 Å². The molecule has 1 aromatic heterocycles. The Bertz CT molecular complexity index is 849. The van der Waals surface area contributed by atoms with E-state index in [1.807, 2.05) is 34.5 Å². The second-order valence-corrected chi connectivity index (χ2v) is 8.10. The van der Waals surface area contributed by atoms with Gasteiger partial charge in [0.25, 0.3) is 11.8 Å². The molecule has 1 aromatic carbocycles. The highest BCUT2D eigenvalue weighted by Crippen LogP contribution is 2.27. The van der Waals surface area contributed by atoms with Gasteiger partial charge in [-0.1, -0.05) is 19.1 Å². The first kappa shape index (κ1) is 19.1. The van der Waals surface area contributed by atoms with Crippen molar-refractivity contribution in [2.45, 2.75) is 19.4 Å². The molecule has 2 aromatic rings. The van der Waals surface area contributed by atoms with Gasteiger partial charge < -0.3 is 15.0 Å². The molecule has 0 bridgehead atoms. The third-order valence-electron chi connectivity index (χ3n) is 5.47. The van der Waals surface area contributed by atoms with Crippen LogP contribution in [-0.2, 0) is 11.2 Å². The summed E-state index contributed by atoms with van der Waals surface area (Å²) in [5.74, 6) is -0.215. The van der Waals surface area contributed by atoms with Gasteiger partial charge in [0.1, 0.15) is 5.00 Å². The zero-order chi connectivity index (χ0) is 19.5. The molecule has 1 atom stereocenters. The molecule has 0 radical (unpaired) electrons. The van der Waals surface area contributed by atoms with Crippen molar-refractivity contribution >= 4 is 28.2 Å². The number of carbonyl (C=O) groups excluding carboxylic acids is 2. The van der Waals surface area contributed by atoms with Gasteiger partial charge in [0.2, 0.25) is 0 Å². The van der Waals surface area contributed by atoms with Gasteiger partial charge in [-0.15, -0.1) is 11.3 Å². The molecule has 0 aliphatic carbocycles. The van der Waals surface area contributed by atoms with Gasteiger partial charge in [0.05, 0.1) is 24.8 Å². The smallest absolute Gasteiger partial charge is 0.256 e. The Labute approximate surface area is 169 Å². The van der Waals surface area contributed by atoms with Crippen LogP contribution >= 0.6 is 11.3 Å². The lowest BCUT2D eigenvalue weighted by molar-refractivity contribution is -0.0394. The van der Waals surface area contributed by atoms with E-state index >= 15 is 0 Å². The maximum Gasteiger partial charge on any atom is 0.256 e. The standard InChI is InChI=1S/C21H25N3O3S/c1-2-15-3-5-16(6-4-15)19(25)22-20-18(7-12-28-20)21(26)24-9-8-23-10-11-27-14-17(23)13-24/h3-7,12,17H,2,8-11,13-14H2,1H3,(H,22,25). The van der Waals surface area contributed by atoms with Gasteiger partial charge in [-0.2, -0.15) is 0 Å². The fourth-order valence-electron chi connectivity index (χ4n) is 3.74. The number of nitrogens with zero attached hydrogens (tertiary/aromatic N) is 2. The van der Waals surface area contributed by atoms with Crippen LogP contribution < -0.4 is 5.32 Å². The van der Waals surface area contributed by atoms with Crippen molar-refractivity contribution in [2.75, 3.05) is 44.7 Å². The number of hydrogen-bond donors (Lipinski definition) is 1. The van der Waals surface area contributed by atoms with E-state index in [0.29, 0.717) is 35.8 Å². The van der Waals surface area contributed by atoms with E-state index in [1.165, 1.54) is 16.9 Å². The van der Waals surface area contributed by atoms with Crippen LogP contribution in [0.15, 0.2) is 35.7 Å². The highest BCUT2D eigenvalue weighted by Gasteiger charge is 2.33. The number of nitrogens with one attached hydrogen (secondary N) is 1. The van der Waals surface area contributed by atoms with Crippen molar-refractivity contribution in [3.8, 4) is 0 Å². The van der Waals surface area contributed by atoms with Crippen molar-refractivity contribution in [1.29, 1.82) is 0 Å². The highest BCUT2D eigenvalue weighted by atomic mass is 32.1. The zero-order valence-electron chi connectivity index (χ0n) is 16.0. The van der Waals surface area contributed by atoms with Crippen molar-refractivity contribution < 1.29 is 14.3 Å². The normalized spacial score (nSPS) is 19.9. The second-order valence-electron chi connectivity index (χ2n) is 7.18. The molecule has 7 heteroatoms. The summed E-state index contributed by atoms with van der Waals surface area (Å²) in [6.07, 6.45) is 0.935. The average Bonchev–Trinajstić information content (AvgIpc) is 3.21. The molecule has 2 aliphatic heterocycles. The molecule has 6 nitrogen and oxygen atoms in total. The van der Waals surface area contributed by atoms with Gasteiger partial charge in [-0.25, -0.2) is 0 Å². The van der Waals surface area contributed by atoms with Crippen LogP contribution in [0.5, 0.6) is 0 Å². The van der Waals surface area contributed by atoms with E-state index in [0.717, 1.165) is 26.1 Å². The van der Waals surface area contributed by atoms with Crippen LogP contribution in [0.25, 0.3) is 0 Å². The van der Waals surface area contributed by atoms with E-state index in [1.54, 1.807) is 6.07 Å².